The number of furan rings is 1. The molecule has 0 aromatic carbocycles. The van der Waals surface area contributed by atoms with Gasteiger partial charge in [-0.2, -0.15) is 5.26 Å². The van der Waals surface area contributed by atoms with Crippen LogP contribution in [0.2, 0.25) is 0 Å². The van der Waals surface area contributed by atoms with E-state index < -0.39 is 5.92 Å². The minimum Gasteiger partial charge on any atom is -0.472 e. The highest BCUT2D eigenvalue weighted by Gasteiger charge is 2.36. The highest BCUT2D eigenvalue weighted by molar-refractivity contribution is 5.74. The van der Waals surface area contributed by atoms with Crippen molar-refractivity contribution in [2.45, 2.75) is 80.6 Å². The van der Waals surface area contributed by atoms with Crippen LogP contribution >= 0.6 is 0 Å². The average molecular weight is 537 g/mol. The number of terminal acetylenes is 1. The van der Waals surface area contributed by atoms with E-state index in [-0.39, 0.29) is 11.0 Å². The van der Waals surface area contributed by atoms with Crippen molar-refractivity contribution in [3.8, 4) is 18.9 Å². The Morgan fingerprint density at radius 1 is 1.21 bits per heavy atom. The second kappa shape index (κ2) is 17.1. The van der Waals surface area contributed by atoms with Gasteiger partial charge in [0.15, 0.2) is 0 Å². The molecule has 39 heavy (non-hydrogen) atoms. The van der Waals surface area contributed by atoms with E-state index in [0.717, 1.165) is 49.7 Å². The second-order valence-electron chi connectivity index (χ2n) is 9.80. The first-order chi connectivity index (χ1) is 18.4. The zero-order valence-corrected chi connectivity index (χ0v) is 25.1. The van der Waals surface area contributed by atoms with Gasteiger partial charge in [0.1, 0.15) is 0 Å². The summed E-state index contributed by atoms with van der Waals surface area (Å²) in [7, 11) is 0. The van der Waals surface area contributed by atoms with Crippen LogP contribution in [0.1, 0.15) is 80.2 Å². The first kappa shape index (κ1) is 35.4. The second-order valence-corrected chi connectivity index (χ2v) is 9.80. The molecule has 3 nitrogen and oxygen atoms in total. The van der Waals surface area contributed by atoms with Crippen molar-refractivity contribution in [2.75, 3.05) is 13.1 Å². The maximum absolute atomic E-state index is 13.2. The molecule has 0 unspecified atom stereocenters. The molecule has 0 aliphatic carbocycles. The molecule has 0 N–H and O–H groups in total. The standard InChI is InChI=1S/C19H28N2.C13H16F2O.C2H2/c1-7-8-9-16(4)19(14-20)10-12-21(13-11-19)18(6)17(5)15(2)3;1-4-10(11-6-7-16-9-11)8-12(5-2)13(3,14)15;1-2/h7-9H,6,10-13H2,1-5H3;4,6-9H,5H2,1-3H3;1-2H/b8-7-,16-9+;10-4+,12-8+;. The number of rotatable bonds is 8. The van der Waals surface area contributed by atoms with E-state index in [0.29, 0.717) is 6.42 Å². The van der Waals surface area contributed by atoms with E-state index in [1.807, 2.05) is 26.0 Å². The Balaban J connectivity index is 0.000000718. The molecule has 212 valence electrons. The maximum Gasteiger partial charge on any atom is 0.266 e. The van der Waals surface area contributed by atoms with Crippen molar-refractivity contribution in [3.05, 3.63) is 89.1 Å². The van der Waals surface area contributed by atoms with Gasteiger partial charge in [0, 0.05) is 31.3 Å². The Hall–Kier alpha value is -3.57. The van der Waals surface area contributed by atoms with Gasteiger partial charge in [0.25, 0.3) is 5.92 Å². The highest BCUT2D eigenvalue weighted by atomic mass is 19.3. The van der Waals surface area contributed by atoms with Crippen LogP contribution in [-0.4, -0.2) is 23.9 Å². The summed E-state index contributed by atoms with van der Waals surface area (Å²) in [5, 5.41) is 9.67. The molecule has 1 fully saturated rings. The fourth-order valence-electron chi connectivity index (χ4n) is 4.17. The molecule has 5 heteroatoms. The summed E-state index contributed by atoms with van der Waals surface area (Å²) in [6.45, 7) is 20.9. The molecule has 0 bridgehead atoms. The molecule has 0 spiro atoms. The molecule has 1 aliphatic rings. The van der Waals surface area contributed by atoms with E-state index >= 15 is 0 Å². The van der Waals surface area contributed by atoms with E-state index in [9.17, 15) is 14.0 Å². The van der Waals surface area contributed by atoms with Crippen LogP contribution in [0, 0.1) is 29.6 Å². The quantitative estimate of drug-likeness (QED) is 0.245. The van der Waals surface area contributed by atoms with Gasteiger partial charge in [-0.05, 0) is 89.7 Å². The number of allylic oxidation sites excluding steroid dienone is 10. The molecule has 1 aromatic heterocycles. The first-order valence-corrected chi connectivity index (χ1v) is 13.3. The Bertz CT molecular complexity index is 1120. The predicted octanol–water partition coefficient (Wildman–Crippen LogP) is 9.91. The Kier molecular flexibility index (Phi) is 15.5. The van der Waals surface area contributed by atoms with Crippen molar-refractivity contribution < 1.29 is 13.2 Å². The van der Waals surface area contributed by atoms with E-state index in [4.69, 9.17) is 4.42 Å². The first-order valence-electron chi connectivity index (χ1n) is 13.3. The van der Waals surface area contributed by atoms with E-state index in [2.05, 4.69) is 64.2 Å². The molecule has 0 radical (unpaired) electrons. The third-order valence-electron chi connectivity index (χ3n) is 7.13. The lowest BCUT2D eigenvalue weighted by Gasteiger charge is -2.40. The maximum atomic E-state index is 13.2. The van der Waals surface area contributed by atoms with Gasteiger partial charge in [-0.3, -0.25) is 0 Å². The molecule has 1 aliphatic heterocycles. The zero-order valence-electron chi connectivity index (χ0n) is 25.1. The lowest BCUT2D eigenvalue weighted by atomic mass is 9.73. The molecule has 2 heterocycles. The van der Waals surface area contributed by atoms with Crippen LogP contribution in [0.4, 0.5) is 8.78 Å². The van der Waals surface area contributed by atoms with Crippen LogP contribution in [0.3, 0.4) is 0 Å². The Labute approximate surface area is 236 Å². The van der Waals surface area contributed by atoms with Crippen LogP contribution in [-0.2, 0) is 0 Å². The molecule has 0 amide bonds. The average Bonchev–Trinajstić information content (AvgIpc) is 3.47. The number of likely N-dealkylation sites (tertiary alicyclic amines) is 1. The largest absolute Gasteiger partial charge is 0.472 e. The van der Waals surface area contributed by atoms with Crippen LogP contribution in [0.15, 0.2) is 88.0 Å². The molecule has 1 aromatic rings. The molecule has 0 saturated carbocycles. The van der Waals surface area contributed by atoms with Crippen LogP contribution < -0.4 is 0 Å². The number of halogens is 2. The van der Waals surface area contributed by atoms with E-state index in [1.165, 1.54) is 29.1 Å². The molecular formula is C34H46F2N2O. The summed E-state index contributed by atoms with van der Waals surface area (Å²) in [4.78, 5) is 2.32. The lowest BCUT2D eigenvalue weighted by molar-refractivity contribution is 0.0604. The summed E-state index contributed by atoms with van der Waals surface area (Å²) in [6.07, 6.45) is 22.6. The molecule has 0 atom stereocenters. The smallest absolute Gasteiger partial charge is 0.266 e. The van der Waals surface area contributed by atoms with Gasteiger partial charge in [-0.15, -0.1) is 12.8 Å². The third-order valence-corrected chi connectivity index (χ3v) is 7.13. The van der Waals surface area contributed by atoms with Gasteiger partial charge in [-0.25, -0.2) is 8.78 Å². The van der Waals surface area contributed by atoms with Crippen molar-refractivity contribution in [1.82, 2.24) is 4.90 Å². The SMILES string of the molecule is C#C.C/C=C(\C=C(/CC)C(C)(F)F)c1ccoc1.C=C(C(C)=C(C)C)N1CCC(C#N)(/C(C)=C/C=C\C)CC1. The van der Waals surface area contributed by atoms with Gasteiger partial charge in [0.05, 0.1) is 24.0 Å². The third kappa shape index (κ3) is 10.6. The summed E-state index contributed by atoms with van der Waals surface area (Å²) in [5.74, 6) is -2.77. The molecule has 2 rings (SSSR count). The van der Waals surface area contributed by atoms with Crippen molar-refractivity contribution in [3.63, 3.8) is 0 Å². The zero-order chi connectivity index (χ0) is 30.2. The Morgan fingerprint density at radius 3 is 2.18 bits per heavy atom. The number of piperidine rings is 1. The number of nitrogens with zero attached hydrogens (tertiary/aromatic N) is 2. The molecule has 1 saturated heterocycles. The van der Waals surface area contributed by atoms with Gasteiger partial charge in [0.2, 0.25) is 0 Å². The minimum absolute atomic E-state index is 0.127. The molecular weight excluding hydrogens is 490 g/mol. The van der Waals surface area contributed by atoms with Gasteiger partial charge in [-0.1, -0.05) is 49.0 Å². The fraction of sp³-hybridized carbons (Fsp3) is 0.441. The summed E-state index contributed by atoms with van der Waals surface area (Å²) in [5.41, 5.74) is 6.24. The van der Waals surface area contributed by atoms with Crippen molar-refractivity contribution >= 4 is 5.57 Å². The van der Waals surface area contributed by atoms with Crippen LogP contribution in [0.25, 0.3) is 5.57 Å². The summed E-state index contributed by atoms with van der Waals surface area (Å²) < 4.78 is 31.4. The normalized spacial score (nSPS) is 15.9. The lowest BCUT2D eigenvalue weighted by Crippen LogP contribution is -2.39. The monoisotopic (exact) mass is 536 g/mol. The number of nitriles is 1. The Morgan fingerprint density at radius 2 is 1.79 bits per heavy atom. The predicted molar refractivity (Wildman–Crippen MR) is 162 cm³/mol. The van der Waals surface area contributed by atoms with E-state index in [1.54, 1.807) is 25.3 Å². The number of hydrogen-bond acceptors (Lipinski definition) is 3. The van der Waals surface area contributed by atoms with Gasteiger partial charge >= 0.3 is 0 Å². The highest BCUT2D eigenvalue weighted by Crippen LogP contribution is 2.39. The van der Waals surface area contributed by atoms with Crippen molar-refractivity contribution in [1.29, 1.82) is 5.26 Å². The minimum atomic E-state index is -2.77. The van der Waals surface area contributed by atoms with Gasteiger partial charge < -0.3 is 9.32 Å². The number of hydrogen-bond donors (Lipinski definition) is 0. The fourth-order valence-corrected chi connectivity index (χ4v) is 4.17. The summed E-state index contributed by atoms with van der Waals surface area (Å²) >= 11 is 0. The van der Waals surface area contributed by atoms with Crippen LogP contribution in [0.5, 0.6) is 0 Å². The number of alkyl halides is 2. The summed E-state index contributed by atoms with van der Waals surface area (Å²) in [6, 6.07) is 4.32. The van der Waals surface area contributed by atoms with Crippen molar-refractivity contribution in [2.24, 2.45) is 5.41 Å². The topological polar surface area (TPSA) is 40.2 Å².